The Bertz CT molecular complexity index is 741. The number of anilines is 1. The molecule has 0 amide bonds. The van der Waals surface area contributed by atoms with Crippen molar-refractivity contribution >= 4 is 5.69 Å². The first-order chi connectivity index (χ1) is 11.4. The lowest BCUT2D eigenvalue weighted by Gasteiger charge is -2.33. The summed E-state index contributed by atoms with van der Waals surface area (Å²) < 4.78 is 0. The van der Waals surface area contributed by atoms with E-state index in [2.05, 4.69) is 75.8 Å². The predicted molar refractivity (Wildman–Crippen MR) is 94.7 cm³/mol. The first kappa shape index (κ1) is 14.1. The number of piperidine rings is 1. The van der Waals surface area contributed by atoms with Crippen molar-refractivity contribution in [1.29, 1.82) is 0 Å². The number of nitrogens with zero attached hydrogens (tertiary/aromatic N) is 2. The zero-order valence-electron chi connectivity index (χ0n) is 13.2. The third-order valence-corrected chi connectivity index (χ3v) is 4.72. The summed E-state index contributed by atoms with van der Waals surface area (Å²) in [6.45, 7) is 2.21. The zero-order chi connectivity index (χ0) is 15.5. The van der Waals surface area contributed by atoms with Gasteiger partial charge in [-0.25, -0.2) is 0 Å². The number of rotatable bonds is 3. The highest BCUT2D eigenvalue weighted by Gasteiger charge is 2.22. The van der Waals surface area contributed by atoms with Crippen LogP contribution in [0, 0.1) is 0 Å². The fraction of sp³-hybridized carbons (Fsp3) is 0.250. The lowest BCUT2D eigenvalue weighted by Crippen LogP contribution is -2.32. The predicted octanol–water partition coefficient (Wildman–Crippen LogP) is 4.46. The molecule has 1 aliphatic rings. The maximum absolute atomic E-state index is 4.50. The van der Waals surface area contributed by atoms with Gasteiger partial charge in [-0.1, -0.05) is 48.5 Å². The fourth-order valence-corrected chi connectivity index (χ4v) is 3.39. The Morgan fingerprint density at radius 3 is 2.22 bits per heavy atom. The van der Waals surface area contributed by atoms with Gasteiger partial charge in [0.25, 0.3) is 0 Å². The van der Waals surface area contributed by atoms with Crippen molar-refractivity contribution in [1.82, 2.24) is 10.2 Å². The largest absolute Gasteiger partial charge is 0.371 e. The lowest BCUT2D eigenvalue weighted by molar-refractivity contribution is 0.495. The number of nitrogens with one attached hydrogen (secondary N) is 1. The molecule has 0 radical (unpaired) electrons. The number of hydrogen-bond acceptors (Lipinski definition) is 2. The van der Waals surface area contributed by atoms with E-state index in [1.54, 1.807) is 0 Å². The molecule has 1 aromatic heterocycles. The van der Waals surface area contributed by atoms with Gasteiger partial charge in [-0.2, -0.15) is 5.10 Å². The Kier molecular flexibility index (Phi) is 3.85. The van der Waals surface area contributed by atoms with E-state index in [0.717, 1.165) is 18.8 Å². The Balaban J connectivity index is 1.44. The van der Waals surface area contributed by atoms with Crippen molar-refractivity contribution in [2.24, 2.45) is 0 Å². The van der Waals surface area contributed by atoms with E-state index in [4.69, 9.17) is 0 Å². The number of H-pyrrole nitrogens is 1. The summed E-state index contributed by atoms with van der Waals surface area (Å²) in [6.07, 6.45) is 2.34. The summed E-state index contributed by atoms with van der Waals surface area (Å²) in [5, 5.41) is 7.76. The minimum Gasteiger partial charge on any atom is -0.371 e. The monoisotopic (exact) mass is 303 g/mol. The number of benzene rings is 2. The maximum atomic E-state index is 4.50. The Morgan fingerprint density at radius 2 is 1.52 bits per heavy atom. The van der Waals surface area contributed by atoms with Crippen LogP contribution in [0.1, 0.15) is 24.5 Å². The third kappa shape index (κ3) is 3.00. The molecule has 1 fully saturated rings. The number of para-hydroxylation sites is 1. The van der Waals surface area contributed by atoms with Crippen LogP contribution >= 0.6 is 0 Å². The topological polar surface area (TPSA) is 31.9 Å². The second-order valence-corrected chi connectivity index (χ2v) is 6.17. The molecule has 23 heavy (non-hydrogen) atoms. The molecule has 0 saturated carbocycles. The number of aromatic amines is 1. The summed E-state index contributed by atoms with van der Waals surface area (Å²) in [4.78, 5) is 2.48. The van der Waals surface area contributed by atoms with Crippen LogP contribution in [0.3, 0.4) is 0 Å². The van der Waals surface area contributed by atoms with E-state index >= 15 is 0 Å². The Labute approximate surface area is 137 Å². The average molecular weight is 303 g/mol. The summed E-state index contributed by atoms with van der Waals surface area (Å²) in [5.74, 6) is 0.583. The van der Waals surface area contributed by atoms with Gasteiger partial charge < -0.3 is 4.90 Å². The fourth-order valence-electron chi connectivity index (χ4n) is 3.39. The van der Waals surface area contributed by atoms with Crippen LogP contribution in [0.5, 0.6) is 0 Å². The first-order valence-corrected chi connectivity index (χ1v) is 8.31. The van der Waals surface area contributed by atoms with Crippen LogP contribution in [0.4, 0.5) is 5.69 Å². The van der Waals surface area contributed by atoms with Crippen LogP contribution in [-0.4, -0.2) is 23.3 Å². The zero-order valence-corrected chi connectivity index (χ0v) is 13.2. The molecule has 0 spiro atoms. The van der Waals surface area contributed by atoms with Crippen molar-refractivity contribution in [3.05, 3.63) is 72.4 Å². The van der Waals surface area contributed by atoms with Crippen LogP contribution in [0.25, 0.3) is 11.3 Å². The van der Waals surface area contributed by atoms with Crippen LogP contribution in [0.2, 0.25) is 0 Å². The molecule has 0 aliphatic carbocycles. The molecule has 0 unspecified atom stereocenters. The molecule has 116 valence electrons. The molecule has 4 rings (SSSR count). The normalized spacial score (nSPS) is 15.7. The standard InChI is InChI=1S/C20H21N3/c1-3-7-16(8-4-1)19-15-20(22-21-19)17-11-13-23(14-12-17)18-9-5-2-6-10-18/h1-10,15,17H,11-14H2,(H,21,22). The minimum absolute atomic E-state index is 0.583. The summed E-state index contributed by atoms with van der Waals surface area (Å²) in [7, 11) is 0. The molecule has 0 atom stereocenters. The molecule has 3 aromatic rings. The minimum atomic E-state index is 0.583. The van der Waals surface area contributed by atoms with Gasteiger partial charge >= 0.3 is 0 Å². The van der Waals surface area contributed by atoms with Gasteiger partial charge in [0.1, 0.15) is 0 Å². The number of hydrogen-bond donors (Lipinski definition) is 1. The molecule has 2 heterocycles. The van der Waals surface area contributed by atoms with Crippen molar-refractivity contribution in [2.45, 2.75) is 18.8 Å². The van der Waals surface area contributed by atoms with Gasteiger partial charge in [0.05, 0.1) is 5.69 Å². The van der Waals surface area contributed by atoms with Gasteiger partial charge in [0, 0.05) is 36.0 Å². The smallest absolute Gasteiger partial charge is 0.0923 e. The van der Waals surface area contributed by atoms with Gasteiger partial charge in [-0.3, -0.25) is 5.10 Å². The van der Waals surface area contributed by atoms with Gasteiger partial charge in [0.15, 0.2) is 0 Å². The first-order valence-electron chi connectivity index (χ1n) is 8.31. The van der Waals surface area contributed by atoms with Crippen molar-refractivity contribution in [3.8, 4) is 11.3 Å². The van der Waals surface area contributed by atoms with Gasteiger partial charge in [-0.15, -0.1) is 0 Å². The SMILES string of the molecule is c1ccc(-c2cc(C3CCN(c4ccccc4)CC3)[nH]n2)cc1. The van der Waals surface area contributed by atoms with E-state index < -0.39 is 0 Å². The Morgan fingerprint density at radius 1 is 0.870 bits per heavy atom. The molecule has 2 aromatic carbocycles. The van der Waals surface area contributed by atoms with Crippen LogP contribution in [0.15, 0.2) is 66.7 Å². The van der Waals surface area contributed by atoms with E-state index in [1.165, 1.54) is 29.8 Å². The van der Waals surface area contributed by atoms with Crippen LogP contribution < -0.4 is 4.90 Å². The number of aromatic nitrogens is 2. The molecular weight excluding hydrogens is 282 g/mol. The second kappa shape index (κ2) is 6.29. The Hall–Kier alpha value is -2.55. The van der Waals surface area contributed by atoms with Crippen molar-refractivity contribution in [3.63, 3.8) is 0 Å². The quantitative estimate of drug-likeness (QED) is 0.774. The highest BCUT2D eigenvalue weighted by Crippen LogP contribution is 2.31. The van der Waals surface area contributed by atoms with E-state index in [1.807, 2.05) is 6.07 Å². The molecule has 0 bridgehead atoms. The van der Waals surface area contributed by atoms with Gasteiger partial charge in [-0.05, 0) is 31.0 Å². The van der Waals surface area contributed by atoms with E-state index in [-0.39, 0.29) is 0 Å². The second-order valence-electron chi connectivity index (χ2n) is 6.17. The van der Waals surface area contributed by atoms with Crippen molar-refractivity contribution in [2.75, 3.05) is 18.0 Å². The third-order valence-electron chi connectivity index (χ3n) is 4.72. The highest BCUT2D eigenvalue weighted by atomic mass is 15.1. The molecule has 1 N–H and O–H groups in total. The van der Waals surface area contributed by atoms with Crippen molar-refractivity contribution < 1.29 is 0 Å². The maximum Gasteiger partial charge on any atom is 0.0923 e. The molecule has 1 saturated heterocycles. The lowest BCUT2D eigenvalue weighted by atomic mass is 9.93. The van der Waals surface area contributed by atoms with Gasteiger partial charge in [0.2, 0.25) is 0 Å². The average Bonchev–Trinajstić information content (AvgIpc) is 3.14. The molecule has 1 aliphatic heterocycles. The summed E-state index contributed by atoms with van der Waals surface area (Å²) in [5.41, 5.74) is 4.83. The van der Waals surface area contributed by atoms with E-state index in [9.17, 15) is 0 Å². The van der Waals surface area contributed by atoms with Crippen LogP contribution in [-0.2, 0) is 0 Å². The summed E-state index contributed by atoms with van der Waals surface area (Å²) >= 11 is 0. The molecular formula is C20H21N3. The molecule has 3 heteroatoms. The van der Waals surface area contributed by atoms with E-state index in [0.29, 0.717) is 5.92 Å². The summed E-state index contributed by atoms with van der Waals surface area (Å²) in [6, 6.07) is 23.3. The molecule has 3 nitrogen and oxygen atoms in total. The highest BCUT2D eigenvalue weighted by molar-refractivity contribution is 5.59.